The highest BCUT2D eigenvalue weighted by Gasteiger charge is 2.23. The Morgan fingerprint density at radius 1 is 0.909 bits per heavy atom. The molecule has 1 aliphatic heterocycles. The van der Waals surface area contributed by atoms with E-state index < -0.39 is 0 Å². The topological polar surface area (TPSA) is 44.6 Å². The number of hydrogen-bond donors (Lipinski definition) is 2. The Morgan fingerprint density at radius 2 is 1.68 bits per heavy atom. The minimum atomic E-state index is 0.0687. The van der Waals surface area contributed by atoms with Crippen LogP contribution in [0.1, 0.15) is 16.5 Å². The maximum atomic E-state index is 9.95. The number of phenols is 1. The number of fused-ring (bicyclic) bond motifs is 1. The largest absolute Gasteiger partial charge is 0.507 e. The molecule has 1 atom stereocenters. The van der Waals surface area contributed by atoms with Crippen molar-refractivity contribution < 1.29 is 5.11 Å². The Balaban J connectivity index is 1.62. The van der Waals surface area contributed by atoms with E-state index in [2.05, 4.69) is 40.9 Å². The van der Waals surface area contributed by atoms with Crippen LogP contribution in [0.5, 0.6) is 5.75 Å². The maximum absolute atomic E-state index is 9.95. The quantitative estimate of drug-likeness (QED) is 0.744. The molecule has 0 saturated carbocycles. The molecule has 0 amide bonds. The van der Waals surface area contributed by atoms with Gasteiger partial charge in [-0.25, -0.2) is 0 Å². The molecule has 0 bridgehead atoms. The van der Waals surface area contributed by atoms with Crippen molar-refractivity contribution in [3.63, 3.8) is 0 Å². The average molecular weight is 306 g/mol. The summed E-state index contributed by atoms with van der Waals surface area (Å²) in [6.45, 7) is 0. The zero-order valence-electron chi connectivity index (χ0n) is 11.7. The molecule has 108 valence electrons. The lowest BCUT2D eigenvalue weighted by Gasteiger charge is -2.10. The lowest BCUT2D eigenvalue weighted by molar-refractivity contribution is 0.474. The molecule has 1 unspecified atom stereocenters. The summed E-state index contributed by atoms with van der Waals surface area (Å²) < 4.78 is 0. The Bertz CT molecular complexity index is 876. The standard InChI is InChI=1S/C18H14N2OS/c21-16-8-4-3-7-15(16)18-20-19-17(22-18)14-10-9-12-5-1-2-6-13(12)11-14/h1-11,17,19,21H. The van der Waals surface area contributed by atoms with Gasteiger partial charge in [-0.15, -0.1) is 0 Å². The van der Waals surface area contributed by atoms with Crippen molar-refractivity contribution in [3.8, 4) is 5.75 Å². The minimum absolute atomic E-state index is 0.0687. The van der Waals surface area contributed by atoms with Crippen molar-refractivity contribution in [3.05, 3.63) is 77.9 Å². The molecule has 0 aliphatic carbocycles. The van der Waals surface area contributed by atoms with Crippen LogP contribution in [0.4, 0.5) is 0 Å². The van der Waals surface area contributed by atoms with Crippen LogP contribution in [0, 0.1) is 0 Å². The van der Waals surface area contributed by atoms with E-state index in [-0.39, 0.29) is 11.1 Å². The van der Waals surface area contributed by atoms with E-state index in [0.29, 0.717) is 0 Å². The van der Waals surface area contributed by atoms with Gasteiger partial charge in [0.25, 0.3) is 0 Å². The van der Waals surface area contributed by atoms with Crippen LogP contribution < -0.4 is 5.43 Å². The van der Waals surface area contributed by atoms with Gasteiger partial charge in [-0.3, -0.25) is 5.43 Å². The van der Waals surface area contributed by atoms with Crippen LogP contribution in [0.15, 0.2) is 71.8 Å². The Labute approximate surface area is 132 Å². The van der Waals surface area contributed by atoms with Crippen LogP contribution in [0.2, 0.25) is 0 Å². The van der Waals surface area contributed by atoms with E-state index in [1.165, 1.54) is 16.3 Å². The summed E-state index contributed by atoms with van der Waals surface area (Å²) in [5.74, 6) is 0.259. The van der Waals surface area contributed by atoms with Gasteiger partial charge in [0.2, 0.25) is 0 Å². The predicted octanol–water partition coefficient (Wildman–Crippen LogP) is 4.24. The number of aromatic hydroxyl groups is 1. The van der Waals surface area contributed by atoms with Gasteiger partial charge in [0.15, 0.2) is 0 Å². The predicted molar refractivity (Wildman–Crippen MR) is 92.1 cm³/mol. The minimum Gasteiger partial charge on any atom is -0.507 e. The molecule has 1 aliphatic rings. The van der Waals surface area contributed by atoms with Crippen molar-refractivity contribution in [2.45, 2.75) is 5.37 Å². The molecule has 3 aromatic rings. The number of hydrogen-bond acceptors (Lipinski definition) is 4. The van der Waals surface area contributed by atoms with E-state index in [9.17, 15) is 5.11 Å². The van der Waals surface area contributed by atoms with Crippen LogP contribution in [-0.4, -0.2) is 10.2 Å². The summed E-state index contributed by atoms with van der Waals surface area (Å²) in [5, 5.41) is 17.7. The van der Waals surface area contributed by atoms with Crippen LogP contribution >= 0.6 is 11.8 Å². The van der Waals surface area contributed by atoms with E-state index >= 15 is 0 Å². The molecule has 0 radical (unpaired) electrons. The molecule has 3 nitrogen and oxygen atoms in total. The molecule has 22 heavy (non-hydrogen) atoms. The van der Waals surface area contributed by atoms with E-state index in [1.807, 2.05) is 30.3 Å². The number of phenolic OH excluding ortho intramolecular Hbond substituents is 1. The van der Waals surface area contributed by atoms with Gasteiger partial charge >= 0.3 is 0 Å². The third kappa shape index (κ3) is 2.31. The fraction of sp³-hybridized carbons (Fsp3) is 0.0556. The first-order chi connectivity index (χ1) is 10.8. The molecule has 0 spiro atoms. The molecule has 0 saturated heterocycles. The van der Waals surface area contributed by atoms with Gasteiger partial charge in [0.1, 0.15) is 16.2 Å². The molecule has 2 N–H and O–H groups in total. The summed E-state index contributed by atoms with van der Waals surface area (Å²) in [4.78, 5) is 0. The maximum Gasteiger partial charge on any atom is 0.129 e. The molecule has 4 rings (SSSR count). The van der Waals surface area contributed by atoms with Crippen LogP contribution in [0.3, 0.4) is 0 Å². The zero-order chi connectivity index (χ0) is 14.9. The number of para-hydroxylation sites is 1. The zero-order valence-corrected chi connectivity index (χ0v) is 12.5. The lowest BCUT2D eigenvalue weighted by atomic mass is 10.1. The second-order valence-corrected chi connectivity index (χ2v) is 6.26. The second kappa shape index (κ2) is 5.39. The number of hydrazone groups is 1. The van der Waals surface area contributed by atoms with E-state index in [0.717, 1.165) is 10.6 Å². The number of benzene rings is 3. The first-order valence-electron chi connectivity index (χ1n) is 7.08. The van der Waals surface area contributed by atoms with E-state index in [1.54, 1.807) is 17.8 Å². The van der Waals surface area contributed by atoms with Crippen molar-refractivity contribution in [1.29, 1.82) is 0 Å². The summed E-state index contributed by atoms with van der Waals surface area (Å²) in [6.07, 6.45) is 0. The highest BCUT2D eigenvalue weighted by molar-refractivity contribution is 8.14. The Kier molecular flexibility index (Phi) is 3.24. The molecule has 1 heterocycles. The van der Waals surface area contributed by atoms with Crippen molar-refractivity contribution in [1.82, 2.24) is 5.43 Å². The highest BCUT2D eigenvalue weighted by atomic mass is 32.2. The van der Waals surface area contributed by atoms with Crippen LogP contribution in [-0.2, 0) is 0 Å². The van der Waals surface area contributed by atoms with Gasteiger partial charge < -0.3 is 5.11 Å². The second-order valence-electron chi connectivity index (χ2n) is 5.17. The third-order valence-corrected chi connectivity index (χ3v) is 4.87. The summed E-state index contributed by atoms with van der Waals surface area (Å²) in [6, 6.07) is 22.0. The number of rotatable bonds is 2. The van der Waals surface area contributed by atoms with Crippen molar-refractivity contribution in [2.75, 3.05) is 0 Å². The van der Waals surface area contributed by atoms with Gasteiger partial charge in [0, 0.05) is 0 Å². The number of nitrogens with one attached hydrogen (secondary N) is 1. The summed E-state index contributed by atoms with van der Waals surface area (Å²) in [7, 11) is 0. The highest BCUT2D eigenvalue weighted by Crippen LogP contribution is 2.37. The normalized spacial score (nSPS) is 17.3. The summed E-state index contributed by atoms with van der Waals surface area (Å²) >= 11 is 1.62. The first kappa shape index (κ1) is 13.2. The lowest BCUT2D eigenvalue weighted by Crippen LogP contribution is -2.06. The number of nitrogens with zero attached hydrogens (tertiary/aromatic N) is 1. The fourth-order valence-electron chi connectivity index (χ4n) is 2.57. The van der Waals surface area contributed by atoms with Crippen molar-refractivity contribution in [2.24, 2.45) is 5.10 Å². The number of thioether (sulfide) groups is 1. The van der Waals surface area contributed by atoms with Crippen LogP contribution in [0.25, 0.3) is 10.8 Å². The third-order valence-electron chi connectivity index (χ3n) is 3.72. The SMILES string of the molecule is Oc1ccccc1C1=NNC(c2ccc3ccccc3c2)S1. The molecular weight excluding hydrogens is 292 g/mol. The molecule has 0 aromatic heterocycles. The van der Waals surface area contributed by atoms with Gasteiger partial charge in [-0.05, 0) is 34.5 Å². The van der Waals surface area contributed by atoms with Gasteiger partial charge in [-0.1, -0.05) is 60.3 Å². The monoisotopic (exact) mass is 306 g/mol. The summed E-state index contributed by atoms with van der Waals surface area (Å²) in [5.41, 5.74) is 5.10. The average Bonchev–Trinajstić information content (AvgIpc) is 3.04. The van der Waals surface area contributed by atoms with Gasteiger partial charge in [-0.2, -0.15) is 5.10 Å². The molecule has 0 fully saturated rings. The Morgan fingerprint density at radius 3 is 2.55 bits per heavy atom. The smallest absolute Gasteiger partial charge is 0.129 e. The van der Waals surface area contributed by atoms with Crippen molar-refractivity contribution >= 4 is 27.6 Å². The van der Waals surface area contributed by atoms with E-state index in [4.69, 9.17) is 0 Å². The molecule has 3 aromatic carbocycles. The first-order valence-corrected chi connectivity index (χ1v) is 7.96. The Hall–Kier alpha value is -2.46. The molecular formula is C18H14N2OS. The molecule has 4 heteroatoms. The fourth-order valence-corrected chi connectivity index (χ4v) is 3.59. The van der Waals surface area contributed by atoms with Gasteiger partial charge in [0.05, 0.1) is 5.56 Å².